The first-order valence-corrected chi connectivity index (χ1v) is 8.69. The lowest BCUT2D eigenvalue weighted by atomic mass is 9.97. The van der Waals surface area contributed by atoms with Crippen molar-refractivity contribution in [2.24, 2.45) is 5.73 Å². The lowest BCUT2D eigenvalue weighted by Crippen LogP contribution is -2.58. The van der Waals surface area contributed by atoms with E-state index in [1.54, 1.807) is 11.3 Å². The summed E-state index contributed by atoms with van der Waals surface area (Å²) in [6, 6.07) is 1.46. The zero-order valence-corrected chi connectivity index (χ0v) is 13.4. The first-order valence-electron chi connectivity index (χ1n) is 7.81. The average molecular weight is 294 g/mol. The van der Waals surface area contributed by atoms with Crippen LogP contribution < -0.4 is 5.73 Å². The van der Waals surface area contributed by atoms with Crippen molar-refractivity contribution in [1.29, 1.82) is 0 Å². The molecule has 1 aromatic heterocycles. The summed E-state index contributed by atoms with van der Waals surface area (Å²) >= 11 is 1.70. The second-order valence-electron chi connectivity index (χ2n) is 6.39. The second-order valence-corrected chi connectivity index (χ2v) is 7.28. The number of aromatic nitrogens is 1. The molecule has 3 atom stereocenters. The van der Waals surface area contributed by atoms with Crippen LogP contribution >= 0.6 is 11.3 Å². The molecule has 0 spiro atoms. The summed E-state index contributed by atoms with van der Waals surface area (Å²) in [7, 11) is 0. The van der Waals surface area contributed by atoms with E-state index in [-0.39, 0.29) is 6.04 Å². The van der Waals surface area contributed by atoms with Crippen LogP contribution in [0.1, 0.15) is 49.9 Å². The van der Waals surface area contributed by atoms with Crippen LogP contribution in [0.5, 0.6) is 0 Å². The molecule has 4 nitrogen and oxygen atoms in total. The summed E-state index contributed by atoms with van der Waals surface area (Å²) in [5.74, 6) is 0. The summed E-state index contributed by atoms with van der Waals surface area (Å²) < 4.78 is 0. The number of hydrogen-bond acceptors (Lipinski definition) is 5. The highest BCUT2D eigenvalue weighted by atomic mass is 32.1. The molecule has 2 saturated heterocycles. The molecule has 0 aromatic carbocycles. The highest BCUT2D eigenvalue weighted by Crippen LogP contribution is 2.25. The van der Waals surface area contributed by atoms with E-state index in [9.17, 15) is 0 Å². The van der Waals surface area contributed by atoms with Crippen molar-refractivity contribution >= 4 is 11.3 Å². The van der Waals surface area contributed by atoms with E-state index in [1.807, 2.05) is 6.92 Å². The van der Waals surface area contributed by atoms with Crippen LogP contribution in [0.25, 0.3) is 0 Å². The smallest absolute Gasteiger partial charge is 0.109 e. The monoisotopic (exact) mass is 294 g/mol. The largest absolute Gasteiger partial charge is 0.322 e. The summed E-state index contributed by atoms with van der Waals surface area (Å²) in [6.07, 6.45) is 4.15. The molecule has 0 saturated carbocycles. The van der Waals surface area contributed by atoms with Gasteiger partial charge in [0.15, 0.2) is 0 Å². The van der Waals surface area contributed by atoms with Gasteiger partial charge < -0.3 is 5.73 Å². The van der Waals surface area contributed by atoms with Crippen LogP contribution in [0.2, 0.25) is 0 Å². The molecule has 2 aliphatic heterocycles. The molecule has 112 valence electrons. The topological polar surface area (TPSA) is 45.4 Å². The number of hydrogen-bond donors (Lipinski definition) is 1. The van der Waals surface area contributed by atoms with Gasteiger partial charge in [-0.1, -0.05) is 6.42 Å². The van der Waals surface area contributed by atoms with Gasteiger partial charge in [-0.2, -0.15) is 0 Å². The Hall–Kier alpha value is -0.490. The average Bonchev–Trinajstić information content (AvgIpc) is 2.88. The maximum absolute atomic E-state index is 5.90. The van der Waals surface area contributed by atoms with Crippen molar-refractivity contribution in [1.82, 2.24) is 14.8 Å². The van der Waals surface area contributed by atoms with Crippen LogP contribution in [0, 0.1) is 0 Å². The lowest BCUT2D eigenvalue weighted by molar-refractivity contribution is 0.0105. The Morgan fingerprint density at radius 3 is 3.05 bits per heavy atom. The Labute approximate surface area is 126 Å². The first-order chi connectivity index (χ1) is 9.63. The van der Waals surface area contributed by atoms with Crippen molar-refractivity contribution in [3.05, 3.63) is 16.1 Å². The Kier molecular flexibility index (Phi) is 4.40. The number of nitrogens with two attached hydrogens (primary N) is 1. The van der Waals surface area contributed by atoms with E-state index in [4.69, 9.17) is 5.73 Å². The third-order valence-corrected chi connectivity index (χ3v) is 5.74. The van der Waals surface area contributed by atoms with Gasteiger partial charge in [0, 0.05) is 37.1 Å². The van der Waals surface area contributed by atoms with E-state index in [1.165, 1.54) is 44.6 Å². The van der Waals surface area contributed by atoms with Crippen molar-refractivity contribution < 1.29 is 0 Å². The maximum Gasteiger partial charge on any atom is 0.109 e. The van der Waals surface area contributed by atoms with E-state index in [0.717, 1.165) is 17.6 Å². The van der Waals surface area contributed by atoms with Gasteiger partial charge in [-0.05, 0) is 33.2 Å². The normalized spacial score (nSPS) is 30.1. The maximum atomic E-state index is 5.90. The van der Waals surface area contributed by atoms with E-state index >= 15 is 0 Å². The summed E-state index contributed by atoms with van der Waals surface area (Å²) in [6.45, 7) is 9.06. The van der Waals surface area contributed by atoms with Gasteiger partial charge in [-0.15, -0.1) is 11.3 Å². The lowest BCUT2D eigenvalue weighted by Gasteiger charge is -2.47. The van der Waals surface area contributed by atoms with Gasteiger partial charge in [0.25, 0.3) is 0 Å². The fourth-order valence-electron chi connectivity index (χ4n) is 3.45. The van der Waals surface area contributed by atoms with Crippen LogP contribution in [-0.2, 0) is 6.54 Å². The number of piperidine rings is 1. The Bertz CT molecular complexity index is 445. The van der Waals surface area contributed by atoms with Gasteiger partial charge in [-0.3, -0.25) is 9.80 Å². The van der Waals surface area contributed by atoms with Crippen LogP contribution in [-0.4, -0.2) is 46.5 Å². The van der Waals surface area contributed by atoms with E-state index in [0.29, 0.717) is 6.04 Å². The van der Waals surface area contributed by atoms with E-state index < -0.39 is 0 Å². The van der Waals surface area contributed by atoms with Crippen molar-refractivity contribution in [3.63, 3.8) is 0 Å². The number of fused-ring (bicyclic) bond motifs is 1. The third kappa shape index (κ3) is 3.06. The first kappa shape index (κ1) is 14.4. The quantitative estimate of drug-likeness (QED) is 0.928. The van der Waals surface area contributed by atoms with Gasteiger partial charge in [0.05, 0.1) is 11.7 Å². The molecule has 5 heteroatoms. The number of piperazine rings is 1. The minimum atomic E-state index is 0.0568. The Morgan fingerprint density at radius 2 is 2.30 bits per heavy atom. The molecule has 20 heavy (non-hydrogen) atoms. The molecule has 1 aromatic rings. The minimum Gasteiger partial charge on any atom is -0.322 e. The van der Waals surface area contributed by atoms with Crippen molar-refractivity contribution in [2.75, 3.05) is 19.6 Å². The molecule has 2 N–H and O–H groups in total. The van der Waals surface area contributed by atoms with Gasteiger partial charge in [0.2, 0.25) is 0 Å². The van der Waals surface area contributed by atoms with Gasteiger partial charge in [-0.25, -0.2) is 4.98 Å². The van der Waals surface area contributed by atoms with Crippen LogP contribution in [0.4, 0.5) is 0 Å². The summed E-state index contributed by atoms with van der Waals surface area (Å²) in [5, 5.41) is 3.24. The zero-order valence-electron chi connectivity index (χ0n) is 12.6. The summed E-state index contributed by atoms with van der Waals surface area (Å²) in [4.78, 5) is 9.98. The van der Waals surface area contributed by atoms with Crippen molar-refractivity contribution in [2.45, 2.75) is 57.8 Å². The number of nitrogens with zero attached hydrogens (tertiary/aromatic N) is 3. The zero-order chi connectivity index (χ0) is 14.1. The Morgan fingerprint density at radius 1 is 1.45 bits per heavy atom. The predicted octanol–water partition coefficient (Wildman–Crippen LogP) is 2.22. The molecule has 3 unspecified atom stereocenters. The molecular weight excluding hydrogens is 268 g/mol. The standard InChI is InChI=1S/C15H26N4S/c1-11-7-18-6-4-3-5-14(18)9-19(11)8-13-10-20-15(17-13)12(2)16/h10-12,14H,3-9,16H2,1-2H3. The van der Waals surface area contributed by atoms with Crippen LogP contribution in [0.3, 0.4) is 0 Å². The predicted molar refractivity (Wildman–Crippen MR) is 83.8 cm³/mol. The fourth-order valence-corrected chi connectivity index (χ4v) is 4.21. The minimum absolute atomic E-state index is 0.0568. The molecule has 3 heterocycles. The van der Waals surface area contributed by atoms with Crippen molar-refractivity contribution in [3.8, 4) is 0 Å². The SMILES string of the molecule is CC(N)c1nc(CN2CC3CCCCN3CC2C)cs1. The molecule has 0 bridgehead atoms. The molecule has 2 fully saturated rings. The van der Waals surface area contributed by atoms with Gasteiger partial charge in [0.1, 0.15) is 5.01 Å². The molecule has 2 aliphatic rings. The molecule has 0 amide bonds. The highest BCUT2D eigenvalue weighted by Gasteiger charge is 2.33. The van der Waals surface area contributed by atoms with Gasteiger partial charge >= 0.3 is 0 Å². The van der Waals surface area contributed by atoms with E-state index in [2.05, 4.69) is 27.1 Å². The summed E-state index contributed by atoms with van der Waals surface area (Å²) in [5.41, 5.74) is 7.10. The van der Waals surface area contributed by atoms with Crippen LogP contribution in [0.15, 0.2) is 5.38 Å². The molecular formula is C15H26N4S. The molecule has 0 radical (unpaired) electrons. The molecule has 3 rings (SSSR count). The fraction of sp³-hybridized carbons (Fsp3) is 0.800. The molecule has 0 aliphatic carbocycles. The highest BCUT2D eigenvalue weighted by molar-refractivity contribution is 7.09. The number of rotatable bonds is 3. The number of thiazole rings is 1. The second kappa shape index (κ2) is 6.10. The Balaban J connectivity index is 1.64. The third-order valence-electron chi connectivity index (χ3n) is 4.64.